The van der Waals surface area contributed by atoms with Crippen LogP contribution >= 0.6 is 0 Å². The van der Waals surface area contributed by atoms with Crippen LogP contribution in [0.5, 0.6) is 0 Å². The van der Waals surface area contributed by atoms with Crippen LogP contribution in [0.15, 0.2) is 36.5 Å². The van der Waals surface area contributed by atoms with Crippen LogP contribution in [-0.4, -0.2) is 57.3 Å². The number of aromatic nitrogens is 3. The summed E-state index contributed by atoms with van der Waals surface area (Å²) >= 11 is 0. The summed E-state index contributed by atoms with van der Waals surface area (Å²) in [5.74, 6) is 4.89. The summed E-state index contributed by atoms with van der Waals surface area (Å²) in [4.78, 5) is 14.6. The number of aliphatic hydroxyl groups is 1. The number of esters is 1. The van der Waals surface area contributed by atoms with Crippen LogP contribution in [0.2, 0.25) is 0 Å². The molecule has 0 bridgehead atoms. The highest BCUT2D eigenvalue weighted by Crippen LogP contribution is 2.33. The number of carbonyl (C=O) groups is 1. The Morgan fingerprint density at radius 3 is 2.55 bits per heavy atom. The maximum Gasteiger partial charge on any atom is 0.311 e. The third kappa shape index (κ3) is 7.25. The zero-order valence-electron chi connectivity index (χ0n) is 18.2. The van der Waals surface area contributed by atoms with Gasteiger partial charge in [-0.15, -0.1) is 17.9 Å². The highest BCUT2D eigenvalue weighted by atomic mass is 16.5. The van der Waals surface area contributed by atoms with Crippen molar-refractivity contribution in [1.29, 1.82) is 0 Å². The zero-order valence-corrected chi connectivity index (χ0v) is 18.2. The smallest absolute Gasteiger partial charge is 0.311 e. The molecular weight excluding hydrogens is 392 g/mol. The molecule has 1 aromatic heterocycles. The lowest BCUT2D eigenvalue weighted by Gasteiger charge is -2.28. The monoisotopic (exact) mass is 422 g/mol. The fourth-order valence-corrected chi connectivity index (χ4v) is 3.22. The molecule has 0 spiro atoms. The van der Waals surface area contributed by atoms with Gasteiger partial charge >= 0.3 is 5.97 Å². The molecule has 1 heterocycles. The van der Waals surface area contributed by atoms with Gasteiger partial charge in [0.2, 0.25) is 0 Å². The predicted molar refractivity (Wildman–Crippen MR) is 119 cm³/mol. The first-order valence-electron chi connectivity index (χ1n) is 10.2. The lowest BCUT2D eigenvalue weighted by molar-refractivity contribution is -0.155. The number of rotatable bonds is 12. The molecular formula is C24H30N4O3. The molecule has 2 aromatic rings. The average molecular weight is 423 g/mol. The van der Waals surface area contributed by atoms with Crippen LogP contribution in [0.3, 0.4) is 0 Å². The van der Waals surface area contributed by atoms with E-state index in [0.717, 1.165) is 11.3 Å². The molecule has 1 aromatic carbocycles. The minimum Gasteiger partial charge on any atom is -0.465 e. The third-order valence-electron chi connectivity index (χ3n) is 4.87. The summed E-state index contributed by atoms with van der Waals surface area (Å²) in [5, 5.41) is 17.6. The molecule has 7 heteroatoms. The Morgan fingerprint density at radius 2 is 1.94 bits per heavy atom. The normalized spacial score (nSPS) is 12.2. The van der Waals surface area contributed by atoms with Crippen molar-refractivity contribution in [3.05, 3.63) is 47.8 Å². The molecule has 0 aliphatic carbocycles. The minimum absolute atomic E-state index is 0.0154. The maximum atomic E-state index is 12.6. The zero-order chi connectivity index (χ0) is 22.7. The maximum absolute atomic E-state index is 12.6. The van der Waals surface area contributed by atoms with E-state index >= 15 is 0 Å². The molecule has 1 N–H and O–H groups in total. The van der Waals surface area contributed by atoms with Gasteiger partial charge in [-0.2, -0.15) is 0 Å². The van der Waals surface area contributed by atoms with Crippen molar-refractivity contribution in [3.63, 3.8) is 0 Å². The second kappa shape index (κ2) is 11.9. The lowest BCUT2D eigenvalue weighted by Crippen LogP contribution is -2.31. The molecule has 0 fully saturated rings. The number of ether oxygens (including phenoxy) is 1. The van der Waals surface area contributed by atoms with Gasteiger partial charge in [0.15, 0.2) is 0 Å². The molecule has 1 atom stereocenters. The number of carbonyl (C=O) groups excluding carboxylic acids is 1. The van der Waals surface area contributed by atoms with Gasteiger partial charge in [-0.3, -0.25) is 9.69 Å². The summed E-state index contributed by atoms with van der Waals surface area (Å²) in [6.45, 7) is 5.22. The van der Waals surface area contributed by atoms with Crippen molar-refractivity contribution in [1.82, 2.24) is 19.9 Å². The van der Waals surface area contributed by atoms with Crippen molar-refractivity contribution < 1.29 is 14.6 Å². The first-order chi connectivity index (χ1) is 14.9. The molecule has 0 radical (unpaired) electrons. The first-order valence-corrected chi connectivity index (χ1v) is 10.2. The quantitative estimate of drug-likeness (QED) is 0.321. The van der Waals surface area contributed by atoms with Crippen LogP contribution in [0.25, 0.3) is 0 Å². The van der Waals surface area contributed by atoms with E-state index in [-0.39, 0.29) is 25.2 Å². The number of hydrogen-bond acceptors (Lipinski definition) is 6. The van der Waals surface area contributed by atoms with Gasteiger partial charge in [0.1, 0.15) is 0 Å². The summed E-state index contributed by atoms with van der Waals surface area (Å²) < 4.78 is 7.12. The summed E-state index contributed by atoms with van der Waals surface area (Å²) in [6.07, 6.45) is 13.6. The largest absolute Gasteiger partial charge is 0.465 e. The van der Waals surface area contributed by atoms with E-state index in [1.54, 1.807) is 4.68 Å². The highest BCUT2D eigenvalue weighted by molar-refractivity contribution is 5.76. The molecule has 7 nitrogen and oxygen atoms in total. The van der Waals surface area contributed by atoms with E-state index in [4.69, 9.17) is 22.7 Å². The Bertz CT molecular complexity index is 893. The van der Waals surface area contributed by atoms with Crippen molar-refractivity contribution >= 4 is 5.97 Å². The molecule has 2 rings (SSSR count). The molecule has 1 unspecified atom stereocenters. The Labute approximate surface area is 184 Å². The molecule has 0 aliphatic heterocycles. The first kappa shape index (κ1) is 24.1. The van der Waals surface area contributed by atoms with Gasteiger partial charge in [0.25, 0.3) is 0 Å². The van der Waals surface area contributed by atoms with Crippen LogP contribution in [-0.2, 0) is 16.1 Å². The predicted octanol–water partition coefficient (Wildman–Crippen LogP) is 2.28. The number of hydrogen-bond donors (Lipinski definition) is 1. The van der Waals surface area contributed by atoms with Crippen LogP contribution in [0, 0.1) is 30.1 Å². The average Bonchev–Trinajstić information content (AvgIpc) is 3.21. The number of aliphatic hydroxyl groups excluding tert-OH is 1. The summed E-state index contributed by atoms with van der Waals surface area (Å²) in [6, 6.07) is 9.64. The van der Waals surface area contributed by atoms with Crippen molar-refractivity contribution in [2.45, 2.75) is 39.3 Å². The van der Waals surface area contributed by atoms with E-state index in [0.29, 0.717) is 32.5 Å². The second-order valence-corrected chi connectivity index (χ2v) is 7.97. The van der Waals surface area contributed by atoms with Crippen LogP contribution in [0.1, 0.15) is 44.0 Å². The fourth-order valence-electron chi connectivity index (χ4n) is 3.22. The van der Waals surface area contributed by atoms with Crippen molar-refractivity contribution in [3.8, 4) is 24.7 Å². The summed E-state index contributed by atoms with van der Waals surface area (Å²) in [5.41, 5.74) is 0.996. The fraction of sp³-hybridized carbons (Fsp3) is 0.458. The number of benzene rings is 1. The topological polar surface area (TPSA) is 80.5 Å². The molecule has 0 saturated carbocycles. The van der Waals surface area contributed by atoms with Gasteiger partial charge in [-0.25, -0.2) is 4.68 Å². The minimum atomic E-state index is -0.763. The van der Waals surface area contributed by atoms with E-state index in [1.807, 2.05) is 55.3 Å². The Hall–Kier alpha value is -3.13. The van der Waals surface area contributed by atoms with Crippen LogP contribution < -0.4 is 0 Å². The highest BCUT2D eigenvalue weighted by Gasteiger charge is 2.34. The van der Waals surface area contributed by atoms with Crippen LogP contribution in [0.4, 0.5) is 0 Å². The standard InChI is InChI=1S/C24H30N4O3/c1-5-13-27(14-6-2)18-21-19-28(26-25-21)22(20-11-8-7-9-12-20)17-24(3,4)23(30)31-16-10-15-29/h1-2,7-9,11-12,19,22,29H,10,13-18H2,3-4H3. The molecule has 164 valence electrons. The van der Waals surface area contributed by atoms with E-state index < -0.39 is 5.41 Å². The van der Waals surface area contributed by atoms with Crippen molar-refractivity contribution in [2.24, 2.45) is 5.41 Å². The Kier molecular flexibility index (Phi) is 9.27. The molecule has 0 aliphatic rings. The van der Waals surface area contributed by atoms with Gasteiger partial charge in [-0.1, -0.05) is 47.4 Å². The van der Waals surface area contributed by atoms with Gasteiger partial charge in [0.05, 0.1) is 43.0 Å². The lowest BCUT2D eigenvalue weighted by atomic mass is 9.83. The Morgan fingerprint density at radius 1 is 1.26 bits per heavy atom. The SMILES string of the molecule is C#CCN(CC#C)Cc1cn(C(CC(C)(C)C(=O)OCCCO)c2ccccc2)nn1. The van der Waals surface area contributed by atoms with E-state index in [9.17, 15) is 4.79 Å². The van der Waals surface area contributed by atoms with Gasteiger partial charge in [0, 0.05) is 19.6 Å². The van der Waals surface area contributed by atoms with Gasteiger partial charge in [-0.05, 0) is 25.8 Å². The van der Waals surface area contributed by atoms with Crippen molar-refractivity contribution in [2.75, 3.05) is 26.3 Å². The van der Waals surface area contributed by atoms with Gasteiger partial charge < -0.3 is 9.84 Å². The summed E-state index contributed by atoms with van der Waals surface area (Å²) in [7, 11) is 0. The second-order valence-electron chi connectivity index (χ2n) is 7.97. The van der Waals surface area contributed by atoms with E-state index in [1.165, 1.54) is 0 Å². The third-order valence-corrected chi connectivity index (χ3v) is 4.87. The molecule has 0 saturated heterocycles. The Balaban J connectivity index is 2.24. The van der Waals surface area contributed by atoms with E-state index in [2.05, 4.69) is 22.2 Å². The number of terminal acetylenes is 2. The number of nitrogens with zero attached hydrogens (tertiary/aromatic N) is 4. The molecule has 0 amide bonds. The molecule has 31 heavy (non-hydrogen) atoms.